The predicted octanol–water partition coefficient (Wildman–Crippen LogP) is 5.71. The molecule has 1 amide bonds. The number of amides is 1. The number of carbonyl (C=O) groups excluding carboxylic acids is 1. The van der Waals surface area contributed by atoms with Crippen LogP contribution in [0, 0.1) is 6.92 Å². The Labute approximate surface area is 147 Å². The Kier molecular flexibility index (Phi) is 4.95. The van der Waals surface area contributed by atoms with Gasteiger partial charge in [0.05, 0.1) is 0 Å². The number of allylic oxidation sites excluding steroid dienone is 2. The molecule has 0 saturated carbocycles. The van der Waals surface area contributed by atoms with Crippen molar-refractivity contribution in [2.45, 2.75) is 6.92 Å². The molecule has 0 aliphatic carbocycles. The van der Waals surface area contributed by atoms with E-state index >= 15 is 0 Å². The Bertz CT molecular complexity index is 920. The van der Waals surface area contributed by atoms with Gasteiger partial charge in [-0.3, -0.25) is 4.79 Å². The molecule has 3 aromatic rings. The van der Waals surface area contributed by atoms with Crippen molar-refractivity contribution in [2.75, 3.05) is 5.32 Å². The van der Waals surface area contributed by atoms with Crippen molar-refractivity contribution in [1.82, 2.24) is 0 Å². The number of hydrogen-bond acceptors (Lipinski definition) is 2. The predicted molar refractivity (Wildman–Crippen MR) is 103 cm³/mol. The second-order valence-electron chi connectivity index (χ2n) is 5.58. The molecule has 1 N–H and O–H groups in total. The van der Waals surface area contributed by atoms with E-state index in [1.807, 2.05) is 73.7 Å². The molecule has 0 aliphatic heterocycles. The molecule has 0 fully saturated rings. The van der Waals surface area contributed by atoms with Gasteiger partial charge < -0.3 is 9.73 Å². The third kappa shape index (κ3) is 3.78. The van der Waals surface area contributed by atoms with E-state index in [-0.39, 0.29) is 11.7 Å². The van der Waals surface area contributed by atoms with Crippen molar-refractivity contribution in [3.05, 3.63) is 96.5 Å². The van der Waals surface area contributed by atoms with Crippen molar-refractivity contribution in [1.29, 1.82) is 0 Å². The van der Waals surface area contributed by atoms with Crippen molar-refractivity contribution >= 4 is 17.7 Å². The SMILES string of the molecule is C=C/C=C\c1cc(C(=O)Nc2ccccc2-c2ccccc2)oc1C. The van der Waals surface area contributed by atoms with Crippen LogP contribution in [0.25, 0.3) is 17.2 Å². The minimum Gasteiger partial charge on any atom is -0.456 e. The second-order valence-corrected chi connectivity index (χ2v) is 5.58. The summed E-state index contributed by atoms with van der Waals surface area (Å²) in [4.78, 5) is 12.6. The summed E-state index contributed by atoms with van der Waals surface area (Å²) >= 11 is 0. The average molecular weight is 329 g/mol. The monoisotopic (exact) mass is 329 g/mol. The number of anilines is 1. The summed E-state index contributed by atoms with van der Waals surface area (Å²) in [5.74, 6) is 0.702. The number of aryl methyl sites for hydroxylation is 1. The third-order valence-corrected chi connectivity index (χ3v) is 3.85. The summed E-state index contributed by atoms with van der Waals surface area (Å²) in [5.41, 5.74) is 3.62. The van der Waals surface area contributed by atoms with Crippen molar-refractivity contribution in [2.24, 2.45) is 0 Å². The van der Waals surface area contributed by atoms with E-state index in [1.54, 1.807) is 12.1 Å². The van der Waals surface area contributed by atoms with E-state index in [1.165, 1.54) is 0 Å². The van der Waals surface area contributed by atoms with Gasteiger partial charge in [0.2, 0.25) is 0 Å². The lowest BCUT2D eigenvalue weighted by molar-refractivity contribution is 0.0995. The van der Waals surface area contributed by atoms with E-state index < -0.39 is 0 Å². The summed E-state index contributed by atoms with van der Waals surface area (Å²) < 4.78 is 5.59. The van der Waals surface area contributed by atoms with Crippen molar-refractivity contribution in [3.63, 3.8) is 0 Å². The molecule has 3 rings (SSSR count). The highest BCUT2D eigenvalue weighted by Gasteiger charge is 2.15. The molecule has 0 saturated heterocycles. The number of rotatable bonds is 5. The molecule has 3 nitrogen and oxygen atoms in total. The topological polar surface area (TPSA) is 42.2 Å². The molecule has 0 atom stereocenters. The quantitative estimate of drug-likeness (QED) is 0.609. The first-order chi connectivity index (χ1) is 12.2. The Balaban J connectivity index is 1.87. The lowest BCUT2D eigenvalue weighted by Gasteiger charge is -2.10. The number of benzene rings is 2. The van der Waals surface area contributed by atoms with Gasteiger partial charge in [-0.1, -0.05) is 73.3 Å². The maximum absolute atomic E-state index is 12.6. The Hall–Kier alpha value is -3.33. The minimum absolute atomic E-state index is 0.273. The van der Waals surface area contributed by atoms with Gasteiger partial charge in [0.25, 0.3) is 5.91 Å². The van der Waals surface area contributed by atoms with E-state index in [2.05, 4.69) is 11.9 Å². The van der Waals surface area contributed by atoms with E-state index in [4.69, 9.17) is 4.42 Å². The zero-order valence-corrected chi connectivity index (χ0v) is 14.0. The number of furan rings is 1. The molecule has 1 heterocycles. The standard InChI is InChI=1S/C22H19NO2/c1-3-4-10-18-15-21(25-16(18)2)22(24)23-20-14-9-8-13-19(20)17-11-6-5-7-12-17/h3-15H,1H2,2H3,(H,23,24)/b10-4-. The van der Waals surface area contributed by atoms with Gasteiger partial charge in [-0.05, 0) is 24.6 Å². The van der Waals surface area contributed by atoms with Gasteiger partial charge in [-0.25, -0.2) is 0 Å². The van der Waals surface area contributed by atoms with Gasteiger partial charge in [0.1, 0.15) is 5.76 Å². The minimum atomic E-state index is -0.273. The fourth-order valence-electron chi connectivity index (χ4n) is 2.59. The highest BCUT2D eigenvalue weighted by molar-refractivity contribution is 6.05. The molecular formula is C22H19NO2. The first-order valence-corrected chi connectivity index (χ1v) is 8.04. The molecule has 3 heteroatoms. The summed E-state index contributed by atoms with van der Waals surface area (Å²) in [5, 5.41) is 2.95. The summed E-state index contributed by atoms with van der Waals surface area (Å²) in [6.07, 6.45) is 5.35. The van der Waals surface area contributed by atoms with Crippen LogP contribution >= 0.6 is 0 Å². The van der Waals surface area contributed by atoms with Crippen LogP contribution in [0.1, 0.15) is 21.9 Å². The van der Waals surface area contributed by atoms with Gasteiger partial charge in [0.15, 0.2) is 5.76 Å². The van der Waals surface area contributed by atoms with Crippen LogP contribution in [-0.2, 0) is 0 Å². The van der Waals surface area contributed by atoms with Crippen molar-refractivity contribution in [3.8, 4) is 11.1 Å². The number of para-hydroxylation sites is 1. The molecule has 1 aromatic heterocycles. The molecule has 0 radical (unpaired) electrons. The lowest BCUT2D eigenvalue weighted by atomic mass is 10.0. The summed E-state index contributed by atoms with van der Waals surface area (Å²) in [6, 6.07) is 19.4. The van der Waals surface area contributed by atoms with E-state index in [9.17, 15) is 4.79 Å². The van der Waals surface area contributed by atoms with Crippen LogP contribution < -0.4 is 5.32 Å². The fraction of sp³-hybridized carbons (Fsp3) is 0.0455. The molecule has 124 valence electrons. The Morgan fingerprint density at radius 2 is 1.80 bits per heavy atom. The number of hydrogen-bond donors (Lipinski definition) is 1. The van der Waals surface area contributed by atoms with Gasteiger partial charge >= 0.3 is 0 Å². The molecule has 0 spiro atoms. The number of nitrogens with one attached hydrogen (secondary N) is 1. The Morgan fingerprint density at radius 1 is 1.08 bits per heavy atom. The van der Waals surface area contributed by atoms with Gasteiger partial charge in [0, 0.05) is 16.8 Å². The smallest absolute Gasteiger partial charge is 0.291 e. The van der Waals surface area contributed by atoms with E-state index in [0.717, 1.165) is 22.4 Å². The maximum Gasteiger partial charge on any atom is 0.291 e. The summed E-state index contributed by atoms with van der Waals surface area (Å²) in [6.45, 7) is 5.48. The van der Waals surface area contributed by atoms with Crippen LogP contribution in [-0.4, -0.2) is 5.91 Å². The molecule has 0 unspecified atom stereocenters. The largest absolute Gasteiger partial charge is 0.456 e. The highest BCUT2D eigenvalue weighted by atomic mass is 16.3. The van der Waals surface area contributed by atoms with Crippen molar-refractivity contribution < 1.29 is 9.21 Å². The fourth-order valence-corrected chi connectivity index (χ4v) is 2.59. The van der Waals surface area contributed by atoms with Crippen LogP contribution in [0.15, 0.2) is 83.8 Å². The zero-order valence-electron chi connectivity index (χ0n) is 14.0. The Morgan fingerprint density at radius 3 is 2.56 bits per heavy atom. The second kappa shape index (κ2) is 7.49. The molecule has 0 aliphatic rings. The number of carbonyl (C=O) groups is 1. The van der Waals surface area contributed by atoms with Crippen LogP contribution in [0.4, 0.5) is 5.69 Å². The van der Waals surface area contributed by atoms with Crippen LogP contribution in [0.5, 0.6) is 0 Å². The first kappa shape index (κ1) is 16.5. The zero-order chi connectivity index (χ0) is 17.6. The molecular weight excluding hydrogens is 310 g/mol. The van der Waals surface area contributed by atoms with Crippen LogP contribution in [0.2, 0.25) is 0 Å². The molecule has 0 bridgehead atoms. The molecule has 2 aromatic carbocycles. The summed E-state index contributed by atoms with van der Waals surface area (Å²) in [7, 11) is 0. The average Bonchev–Trinajstić information content (AvgIpc) is 3.02. The van der Waals surface area contributed by atoms with Gasteiger partial charge in [-0.15, -0.1) is 0 Å². The normalized spacial score (nSPS) is 10.8. The third-order valence-electron chi connectivity index (χ3n) is 3.85. The lowest BCUT2D eigenvalue weighted by Crippen LogP contribution is -2.11. The van der Waals surface area contributed by atoms with Crippen LogP contribution in [0.3, 0.4) is 0 Å². The first-order valence-electron chi connectivity index (χ1n) is 8.04. The maximum atomic E-state index is 12.6. The molecule has 25 heavy (non-hydrogen) atoms. The highest BCUT2D eigenvalue weighted by Crippen LogP contribution is 2.28. The van der Waals surface area contributed by atoms with Gasteiger partial charge in [-0.2, -0.15) is 0 Å². The van der Waals surface area contributed by atoms with E-state index in [0.29, 0.717) is 5.76 Å².